The summed E-state index contributed by atoms with van der Waals surface area (Å²) in [6.07, 6.45) is 0. The highest BCUT2D eigenvalue weighted by atomic mass is 19.1. The normalized spacial score (nSPS) is 11.4. The van der Waals surface area contributed by atoms with Gasteiger partial charge in [-0.15, -0.1) is 0 Å². The van der Waals surface area contributed by atoms with Crippen LogP contribution in [0.5, 0.6) is 0 Å². The van der Waals surface area contributed by atoms with Gasteiger partial charge in [-0.05, 0) is 32.4 Å². The maximum Gasteiger partial charge on any atom is 0.131 e. The number of aromatic nitrogens is 2. The minimum Gasteiger partial charge on any atom is -0.310 e. The van der Waals surface area contributed by atoms with Crippen LogP contribution in [0, 0.1) is 19.7 Å². The Morgan fingerprint density at radius 3 is 2.52 bits per heavy atom. The second-order valence-electron chi connectivity index (χ2n) is 5.71. The average Bonchev–Trinajstić information content (AvgIpc) is 2.72. The number of hydrogen-bond donors (Lipinski definition) is 1. The molecule has 2 aromatic rings. The molecule has 114 valence electrons. The maximum atomic E-state index is 14.5. The number of rotatable bonds is 5. The van der Waals surface area contributed by atoms with E-state index in [9.17, 15) is 4.39 Å². The molecule has 21 heavy (non-hydrogen) atoms. The molecular weight excluding hydrogens is 265 g/mol. The largest absolute Gasteiger partial charge is 0.310 e. The molecule has 0 bridgehead atoms. The zero-order valence-corrected chi connectivity index (χ0v) is 13.5. The van der Waals surface area contributed by atoms with Crippen molar-refractivity contribution in [3.8, 4) is 11.1 Å². The number of nitrogens with one attached hydrogen (secondary N) is 1. The summed E-state index contributed by atoms with van der Waals surface area (Å²) < 4.78 is 16.4. The third-order valence-electron chi connectivity index (χ3n) is 3.70. The van der Waals surface area contributed by atoms with Crippen LogP contribution in [0.2, 0.25) is 0 Å². The zero-order valence-electron chi connectivity index (χ0n) is 13.5. The Hall–Kier alpha value is -1.68. The van der Waals surface area contributed by atoms with E-state index in [0.717, 1.165) is 29.1 Å². The second kappa shape index (κ2) is 6.39. The van der Waals surface area contributed by atoms with Crippen molar-refractivity contribution < 1.29 is 4.39 Å². The summed E-state index contributed by atoms with van der Waals surface area (Å²) in [7, 11) is 0. The van der Waals surface area contributed by atoms with Gasteiger partial charge < -0.3 is 5.32 Å². The molecule has 0 aliphatic rings. The molecule has 4 heteroatoms. The summed E-state index contributed by atoms with van der Waals surface area (Å²) in [5.74, 6) is -0.181. The minimum atomic E-state index is -0.181. The van der Waals surface area contributed by atoms with E-state index >= 15 is 0 Å². The first kappa shape index (κ1) is 15.7. The first-order chi connectivity index (χ1) is 9.93. The molecule has 1 aromatic heterocycles. The molecule has 0 atom stereocenters. The van der Waals surface area contributed by atoms with Crippen LogP contribution in [0.3, 0.4) is 0 Å². The Morgan fingerprint density at radius 2 is 2.00 bits per heavy atom. The van der Waals surface area contributed by atoms with Gasteiger partial charge in [-0.1, -0.05) is 26.0 Å². The quantitative estimate of drug-likeness (QED) is 0.906. The minimum absolute atomic E-state index is 0.181. The molecule has 0 spiro atoms. The van der Waals surface area contributed by atoms with Crippen molar-refractivity contribution in [2.75, 3.05) is 0 Å². The van der Waals surface area contributed by atoms with Crippen LogP contribution in [0.1, 0.15) is 37.7 Å². The third kappa shape index (κ3) is 3.32. The van der Waals surface area contributed by atoms with Crippen molar-refractivity contribution in [2.24, 2.45) is 0 Å². The van der Waals surface area contributed by atoms with Crippen LogP contribution < -0.4 is 5.32 Å². The predicted molar refractivity (Wildman–Crippen MR) is 84.7 cm³/mol. The van der Waals surface area contributed by atoms with E-state index < -0.39 is 0 Å². The smallest absolute Gasteiger partial charge is 0.131 e. The van der Waals surface area contributed by atoms with E-state index in [1.807, 2.05) is 37.6 Å². The molecule has 0 radical (unpaired) electrons. The van der Waals surface area contributed by atoms with E-state index in [2.05, 4.69) is 24.3 Å². The van der Waals surface area contributed by atoms with Gasteiger partial charge in [-0.3, -0.25) is 4.68 Å². The highest BCUT2D eigenvalue weighted by molar-refractivity contribution is 5.69. The molecule has 1 aromatic carbocycles. The van der Waals surface area contributed by atoms with Crippen LogP contribution in [0.4, 0.5) is 4.39 Å². The summed E-state index contributed by atoms with van der Waals surface area (Å²) in [4.78, 5) is 0. The van der Waals surface area contributed by atoms with Crippen LogP contribution >= 0.6 is 0 Å². The highest BCUT2D eigenvalue weighted by Crippen LogP contribution is 2.29. The summed E-state index contributed by atoms with van der Waals surface area (Å²) in [5.41, 5.74) is 4.40. The Balaban J connectivity index is 2.35. The summed E-state index contributed by atoms with van der Waals surface area (Å²) in [5, 5.41) is 7.77. The van der Waals surface area contributed by atoms with Crippen molar-refractivity contribution in [2.45, 2.75) is 53.8 Å². The van der Waals surface area contributed by atoms with E-state index in [0.29, 0.717) is 18.2 Å². The molecule has 2 rings (SSSR count). The fourth-order valence-electron chi connectivity index (χ4n) is 2.59. The average molecular weight is 289 g/mol. The van der Waals surface area contributed by atoms with E-state index in [-0.39, 0.29) is 5.82 Å². The Labute approximate surface area is 126 Å². The molecule has 0 saturated carbocycles. The Kier molecular flexibility index (Phi) is 4.78. The van der Waals surface area contributed by atoms with Gasteiger partial charge in [0.1, 0.15) is 5.82 Å². The monoisotopic (exact) mass is 289 g/mol. The lowest BCUT2D eigenvalue weighted by Gasteiger charge is -2.10. The van der Waals surface area contributed by atoms with Gasteiger partial charge in [0.25, 0.3) is 0 Å². The van der Waals surface area contributed by atoms with Gasteiger partial charge in [0, 0.05) is 36.0 Å². The second-order valence-corrected chi connectivity index (χ2v) is 5.71. The zero-order chi connectivity index (χ0) is 15.6. The Morgan fingerprint density at radius 1 is 1.29 bits per heavy atom. The van der Waals surface area contributed by atoms with Crippen molar-refractivity contribution in [1.82, 2.24) is 15.1 Å². The number of halogens is 1. The number of aryl methyl sites for hydroxylation is 2. The summed E-state index contributed by atoms with van der Waals surface area (Å²) >= 11 is 0. The molecule has 0 amide bonds. The lowest BCUT2D eigenvalue weighted by Crippen LogP contribution is -2.21. The third-order valence-corrected chi connectivity index (χ3v) is 3.70. The summed E-state index contributed by atoms with van der Waals surface area (Å²) in [6, 6.07) is 5.85. The van der Waals surface area contributed by atoms with Crippen LogP contribution in [-0.2, 0) is 13.1 Å². The lowest BCUT2D eigenvalue weighted by molar-refractivity contribution is 0.582. The van der Waals surface area contributed by atoms with Gasteiger partial charge >= 0.3 is 0 Å². The number of hydrogen-bond acceptors (Lipinski definition) is 2. The maximum absolute atomic E-state index is 14.5. The molecule has 3 nitrogen and oxygen atoms in total. The fourth-order valence-corrected chi connectivity index (χ4v) is 2.59. The first-order valence-electron chi connectivity index (χ1n) is 7.50. The van der Waals surface area contributed by atoms with Crippen LogP contribution in [0.15, 0.2) is 18.2 Å². The van der Waals surface area contributed by atoms with Crippen LogP contribution in [-0.4, -0.2) is 15.8 Å². The molecular formula is C17H24FN3. The Bertz CT molecular complexity index is 629. The fraction of sp³-hybridized carbons (Fsp3) is 0.471. The van der Waals surface area contributed by atoms with Crippen molar-refractivity contribution in [3.05, 3.63) is 41.0 Å². The highest BCUT2D eigenvalue weighted by Gasteiger charge is 2.16. The van der Waals surface area contributed by atoms with Crippen molar-refractivity contribution in [1.29, 1.82) is 0 Å². The van der Waals surface area contributed by atoms with Gasteiger partial charge in [0.2, 0.25) is 0 Å². The van der Waals surface area contributed by atoms with E-state index in [4.69, 9.17) is 0 Å². The lowest BCUT2D eigenvalue weighted by atomic mass is 10.0. The topological polar surface area (TPSA) is 29.9 Å². The van der Waals surface area contributed by atoms with Gasteiger partial charge in [-0.2, -0.15) is 5.10 Å². The number of nitrogens with zero attached hydrogens (tertiary/aromatic N) is 2. The molecule has 0 saturated heterocycles. The van der Waals surface area contributed by atoms with Crippen molar-refractivity contribution in [3.63, 3.8) is 0 Å². The van der Waals surface area contributed by atoms with Crippen LogP contribution in [0.25, 0.3) is 11.1 Å². The number of benzene rings is 1. The first-order valence-corrected chi connectivity index (χ1v) is 7.50. The predicted octanol–water partition coefficient (Wildman–Crippen LogP) is 3.82. The van der Waals surface area contributed by atoms with Crippen molar-refractivity contribution >= 4 is 0 Å². The molecule has 1 heterocycles. The molecule has 0 aliphatic carbocycles. The standard InChI is InChI=1S/C17H24FN3/c1-6-21-13(5)17(12(4)20-21)15-8-7-14(9-16(15)18)10-19-11(2)3/h7-9,11,19H,6,10H2,1-5H3. The molecule has 0 unspecified atom stereocenters. The molecule has 1 N–H and O–H groups in total. The van der Waals surface area contributed by atoms with Gasteiger partial charge in [-0.25, -0.2) is 4.39 Å². The molecule has 0 fully saturated rings. The summed E-state index contributed by atoms with van der Waals surface area (Å²) in [6.45, 7) is 11.6. The van der Waals surface area contributed by atoms with Gasteiger partial charge in [0.15, 0.2) is 0 Å². The molecule has 0 aliphatic heterocycles. The van der Waals surface area contributed by atoms with E-state index in [1.54, 1.807) is 6.07 Å². The van der Waals surface area contributed by atoms with Gasteiger partial charge in [0.05, 0.1) is 5.69 Å². The van der Waals surface area contributed by atoms with E-state index in [1.165, 1.54) is 0 Å². The SMILES string of the molecule is CCn1nc(C)c(-c2ccc(CNC(C)C)cc2F)c1C.